The highest BCUT2D eigenvalue weighted by atomic mass is 32.2. The molecular formula is C14H26N2O2S2. The number of sulfonamides is 1. The van der Waals surface area contributed by atoms with Gasteiger partial charge in [0.1, 0.15) is 0 Å². The van der Waals surface area contributed by atoms with Crippen LogP contribution in [0, 0.1) is 6.92 Å². The van der Waals surface area contributed by atoms with Gasteiger partial charge >= 0.3 is 0 Å². The average molecular weight is 319 g/mol. The van der Waals surface area contributed by atoms with E-state index in [0.29, 0.717) is 11.4 Å². The van der Waals surface area contributed by atoms with Crippen molar-refractivity contribution in [3.05, 3.63) is 15.8 Å². The van der Waals surface area contributed by atoms with Gasteiger partial charge < -0.3 is 5.32 Å². The summed E-state index contributed by atoms with van der Waals surface area (Å²) in [5, 5.41) is 3.23. The zero-order chi connectivity index (χ0) is 15.2. The van der Waals surface area contributed by atoms with Crippen molar-refractivity contribution in [1.82, 2.24) is 9.62 Å². The lowest BCUT2D eigenvalue weighted by molar-refractivity contribution is 0.454. The highest BCUT2D eigenvalue weighted by Gasteiger charge is 2.24. The quantitative estimate of drug-likeness (QED) is 0.712. The molecule has 0 saturated carbocycles. The van der Waals surface area contributed by atoms with E-state index in [1.807, 2.05) is 19.9 Å². The predicted molar refractivity (Wildman–Crippen MR) is 85.8 cm³/mol. The highest BCUT2D eigenvalue weighted by Crippen LogP contribution is 2.27. The molecule has 0 saturated heterocycles. The van der Waals surface area contributed by atoms with Crippen molar-refractivity contribution < 1.29 is 8.42 Å². The maximum absolute atomic E-state index is 12.5. The molecule has 0 aromatic carbocycles. The predicted octanol–water partition coefficient (Wildman–Crippen LogP) is 2.98. The molecule has 0 aliphatic heterocycles. The summed E-state index contributed by atoms with van der Waals surface area (Å²) in [5.74, 6) is 0. The van der Waals surface area contributed by atoms with Crippen LogP contribution in [0.2, 0.25) is 0 Å². The van der Waals surface area contributed by atoms with Gasteiger partial charge in [0.2, 0.25) is 10.0 Å². The Morgan fingerprint density at radius 1 is 1.30 bits per heavy atom. The van der Waals surface area contributed by atoms with E-state index >= 15 is 0 Å². The molecule has 1 heterocycles. The number of hydrogen-bond acceptors (Lipinski definition) is 4. The summed E-state index contributed by atoms with van der Waals surface area (Å²) in [6, 6.07) is 1.81. The third-order valence-corrected chi connectivity index (χ3v) is 6.40. The minimum atomic E-state index is -3.34. The van der Waals surface area contributed by atoms with Crippen LogP contribution in [-0.2, 0) is 16.6 Å². The van der Waals surface area contributed by atoms with Gasteiger partial charge in [-0.25, -0.2) is 12.7 Å². The topological polar surface area (TPSA) is 49.4 Å². The van der Waals surface area contributed by atoms with Crippen LogP contribution in [-0.4, -0.2) is 32.9 Å². The second kappa shape index (κ2) is 8.12. The van der Waals surface area contributed by atoms with Gasteiger partial charge in [-0.05, 0) is 26.0 Å². The zero-order valence-electron chi connectivity index (χ0n) is 12.9. The number of rotatable bonds is 9. The summed E-state index contributed by atoms with van der Waals surface area (Å²) >= 11 is 1.56. The first kappa shape index (κ1) is 17.6. The van der Waals surface area contributed by atoms with Crippen LogP contribution in [0.1, 0.15) is 42.9 Å². The van der Waals surface area contributed by atoms with Crippen molar-refractivity contribution in [2.45, 2.75) is 51.5 Å². The second-order valence-electron chi connectivity index (χ2n) is 4.95. The van der Waals surface area contributed by atoms with E-state index in [1.165, 1.54) is 4.31 Å². The van der Waals surface area contributed by atoms with Crippen LogP contribution in [0.5, 0.6) is 0 Å². The van der Waals surface area contributed by atoms with Crippen LogP contribution in [0.25, 0.3) is 0 Å². The molecule has 0 spiro atoms. The Hall–Kier alpha value is -0.430. The van der Waals surface area contributed by atoms with Gasteiger partial charge in [0.25, 0.3) is 0 Å². The third-order valence-electron chi connectivity index (χ3n) is 3.24. The number of nitrogens with one attached hydrogen (secondary N) is 1. The smallest absolute Gasteiger partial charge is 0.243 e. The van der Waals surface area contributed by atoms with Gasteiger partial charge in [0.15, 0.2) is 0 Å². The standard InChI is InChI=1S/C14H26N2O2S2/c1-5-7-8-9-16(4)20(17,18)14-10-13(11-15-6-2)19-12(14)3/h10,15H,5-9,11H2,1-4H3. The molecule has 1 N–H and O–H groups in total. The molecule has 116 valence electrons. The van der Waals surface area contributed by atoms with Crippen molar-refractivity contribution in [3.8, 4) is 0 Å². The first-order chi connectivity index (χ1) is 9.43. The monoisotopic (exact) mass is 318 g/mol. The molecule has 0 aliphatic carbocycles. The number of thiophene rings is 1. The molecule has 20 heavy (non-hydrogen) atoms. The Bertz CT molecular complexity index is 509. The van der Waals surface area contributed by atoms with Crippen LogP contribution in [0.3, 0.4) is 0 Å². The van der Waals surface area contributed by atoms with Gasteiger partial charge in [-0.15, -0.1) is 11.3 Å². The molecule has 0 radical (unpaired) electrons. The molecule has 0 fully saturated rings. The number of hydrogen-bond donors (Lipinski definition) is 1. The summed E-state index contributed by atoms with van der Waals surface area (Å²) in [5.41, 5.74) is 0. The summed E-state index contributed by atoms with van der Waals surface area (Å²) < 4.78 is 26.6. The van der Waals surface area contributed by atoms with Crippen molar-refractivity contribution in [3.63, 3.8) is 0 Å². The average Bonchev–Trinajstić information content (AvgIpc) is 2.78. The number of nitrogens with zero attached hydrogens (tertiary/aromatic N) is 1. The second-order valence-corrected chi connectivity index (χ2v) is 8.30. The van der Waals surface area contributed by atoms with E-state index in [4.69, 9.17) is 0 Å². The lowest BCUT2D eigenvalue weighted by atomic mass is 10.2. The normalized spacial score (nSPS) is 12.2. The molecule has 1 aromatic heterocycles. The van der Waals surface area contributed by atoms with Gasteiger partial charge in [-0.2, -0.15) is 0 Å². The van der Waals surface area contributed by atoms with Crippen LogP contribution >= 0.6 is 11.3 Å². The first-order valence-corrected chi connectivity index (χ1v) is 9.45. The highest BCUT2D eigenvalue weighted by molar-refractivity contribution is 7.89. The molecule has 1 rings (SSSR count). The molecule has 0 bridgehead atoms. The summed E-state index contributed by atoms with van der Waals surface area (Å²) in [6.45, 7) is 8.25. The molecule has 0 amide bonds. The van der Waals surface area contributed by atoms with Gasteiger partial charge in [0.05, 0.1) is 4.90 Å². The Morgan fingerprint density at radius 3 is 2.60 bits per heavy atom. The first-order valence-electron chi connectivity index (χ1n) is 7.19. The Kier molecular flexibility index (Phi) is 7.15. The van der Waals surface area contributed by atoms with Crippen LogP contribution in [0.15, 0.2) is 11.0 Å². The molecule has 0 unspecified atom stereocenters. The lowest BCUT2D eigenvalue weighted by Crippen LogP contribution is -2.28. The number of aryl methyl sites for hydroxylation is 1. The summed E-state index contributed by atoms with van der Waals surface area (Å²) in [6.07, 6.45) is 3.08. The van der Waals surface area contributed by atoms with Crippen molar-refractivity contribution in [1.29, 1.82) is 0 Å². The Balaban J connectivity index is 2.83. The fourth-order valence-corrected chi connectivity index (χ4v) is 4.77. The van der Waals surface area contributed by atoms with Crippen molar-refractivity contribution in [2.75, 3.05) is 20.1 Å². The van der Waals surface area contributed by atoms with Crippen molar-refractivity contribution in [2.24, 2.45) is 0 Å². The molecule has 0 atom stereocenters. The fraction of sp³-hybridized carbons (Fsp3) is 0.714. The van der Waals surface area contributed by atoms with E-state index in [0.717, 1.165) is 42.1 Å². The SMILES string of the molecule is CCCCCN(C)S(=O)(=O)c1cc(CNCC)sc1C. The van der Waals surface area contributed by atoms with E-state index in [-0.39, 0.29) is 0 Å². The molecule has 6 heteroatoms. The Morgan fingerprint density at radius 2 is 2.00 bits per heavy atom. The van der Waals surface area contributed by atoms with E-state index < -0.39 is 10.0 Å². The molecular weight excluding hydrogens is 292 g/mol. The van der Waals surface area contributed by atoms with Crippen LogP contribution < -0.4 is 5.32 Å². The van der Waals surface area contributed by atoms with E-state index in [9.17, 15) is 8.42 Å². The van der Waals surface area contributed by atoms with Crippen LogP contribution in [0.4, 0.5) is 0 Å². The minimum absolute atomic E-state index is 0.467. The molecule has 1 aromatic rings. The summed E-state index contributed by atoms with van der Waals surface area (Å²) in [7, 11) is -1.67. The Labute approximate surface area is 127 Å². The van der Waals surface area contributed by atoms with Gasteiger partial charge in [0, 0.05) is 29.9 Å². The van der Waals surface area contributed by atoms with E-state index in [2.05, 4.69) is 12.2 Å². The zero-order valence-corrected chi connectivity index (χ0v) is 14.5. The minimum Gasteiger partial charge on any atom is -0.312 e. The summed E-state index contributed by atoms with van der Waals surface area (Å²) in [4.78, 5) is 2.42. The lowest BCUT2D eigenvalue weighted by Gasteiger charge is -2.16. The number of unbranched alkanes of at least 4 members (excludes halogenated alkanes) is 2. The van der Waals surface area contributed by atoms with Crippen molar-refractivity contribution >= 4 is 21.4 Å². The maximum atomic E-state index is 12.5. The molecule has 0 aliphatic rings. The van der Waals surface area contributed by atoms with E-state index in [1.54, 1.807) is 18.4 Å². The third kappa shape index (κ3) is 4.55. The maximum Gasteiger partial charge on any atom is 0.243 e. The molecule has 4 nitrogen and oxygen atoms in total. The van der Waals surface area contributed by atoms with Gasteiger partial charge in [-0.3, -0.25) is 0 Å². The largest absolute Gasteiger partial charge is 0.312 e. The fourth-order valence-electron chi connectivity index (χ4n) is 1.99. The van der Waals surface area contributed by atoms with Gasteiger partial charge in [-0.1, -0.05) is 26.7 Å².